The number of rotatable bonds is 1. The van der Waals surface area contributed by atoms with Gasteiger partial charge in [0, 0.05) is 12.6 Å². The number of fused-ring (bicyclic) bond motifs is 1. The Morgan fingerprint density at radius 1 is 1.64 bits per heavy atom. The van der Waals surface area contributed by atoms with Crippen LogP contribution in [-0.4, -0.2) is 29.2 Å². The molecule has 0 aromatic rings. The van der Waals surface area contributed by atoms with Gasteiger partial charge in [0.05, 0.1) is 5.70 Å². The van der Waals surface area contributed by atoms with E-state index in [1.54, 1.807) is 5.01 Å². The molecular formula is C8H10N4O2. The molecule has 2 heterocycles. The molecule has 74 valence electrons. The van der Waals surface area contributed by atoms with Crippen LogP contribution in [0.2, 0.25) is 0 Å². The first kappa shape index (κ1) is 8.74. The second-order valence-electron chi connectivity index (χ2n) is 3.10. The van der Waals surface area contributed by atoms with Gasteiger partial charge in [-0.1, -0.05) is 0 Å². The summed E-state index contributed by atoms with van der Waals surface area (Å²) < 4.78 is 0. The minimum absolute atomic E-state index is 0.239. The Labute approximate surface area is 80.4 Å². The average molecular weight is 194 g/mol. The molecule has 0 fully saturated rings. The summed E-state index contributed by atoms with van der Waals surface area (Å²) in [6, 6.07) is 0. The predicted octanol–water partition coefficient (Wildman–Crippen LogP) is -1.25. The van der Waals surface area contributed by atoms with E-state index >= 15 is 0 Å². The third-order valence-corrected chi connectivity index (χ3v) is 2.21. The third-order valence-electron chi connectivity index (χ3n) is 2.21. The molecule has 1 unspecified atom stereocenters. The van der Waals surface area contributed by atoms with E-state index in [1.807, 2.05) is 6.92 Å². The normalized spacial score (nSPS) is 25.5. The lowest BCUT2D eigenvalue weighted by Crippen LogP contribution is -2.44. The molecule has 14 heavy (non-hydrogen) atoms. The smallest absolute Gasteiger partial charge is 0.252 e. The molecule has 0 aromatic heterocycles. The van der Waals surface area contributed by atoms with Crippen LogP contribution in [0, 0.1) is 5.92 Å². The predicted molar refractivity (Wildman–Crippen MR) is 48.7 cm³/mol. The van der Waals surface area contributed by atoms with Crippen molar-refractivity contribution >= 4 is 17.6 Å². The SMILES string of the molecule is CCN1N=C(N)C2C(=O)NC(=O)C=C21. The largest absolute Gasteiger partial charge is 0.385 e. The van der Waals surface area contributed by atoms with Crippen molar-refractivity contribution in [2.75, 3.05) is 6.54 Å². The van der Waals surface area contributed by atoms with Crippen LogP contribution in [-0.2, 0) is 9.59 Å². The number of nitrogens with zero attached hydrogens (tertiary/aromatic N) is 2. The van der Waals surface area contributed by atoms with Crippen LogP contribution >= 0.6 is 0 Å². The van der Waals surface area contributed by atoms with Gasteiger partial charge in [-0.25, -0.2) is 0 Å². The molecule has 0 aliphatic carbocycles. The Morgan fingerprint density at radius 2 is 2.36 bits per heavy atom. The molecule has 2 aliphatic heterocycles. The molecule has 0 saturated carbocycles. The number of nitrogens with two attached hydrogens (primary N) is 1. The summed E-state index contributed by atoms with van der Waals surface area (Å²) in [7, 11) is 0. The lowest BCUT2D eigenvalue weighted by atomic mass is 10.0. The minimum atomic E-state index is -0.590. The van der Waals surface area contributed by atoms with Crippen LogP contribution in [0.1, 0.15) is 6.92 Å². The molecule has 1 atom stereocenters. The first-order valence-electron chi connectivity index (χ1n) is 4.31. The number of nitrogens with one attached hydrogen (secondary N) is 1. The van der Waals surface area contributed by atoms with E-state index in [0.717, 1.165) is 0 Å². The average Bonchev–Trinajstić information content (AvgIpc) is 2.42. The van der Waals surface area contributed by atoms with E-state index in [0.29, 0.717) is 12.2 Å². The van der Waals surface area contributed by atoms with E-state index in [-0.39, 0.29) is 5.84 Å². The van der Waals surface area contributed by atoms with E-state index in [4.69, 9.17) is 5.73 Å². The summed E-state index contributed by atoms with van der Waals surface area (Å²) in [6.45, 7) is 2.46. The highest BCUT2D eigenvalue weighted by molar-refractivity contribution is 6.16. The van der Waals surface area contributed by atoms with Gasteiger partial charge in [0.2, 0.25) is 5.91 Å². The minimum Gasteiger partial charge on any atom is -0.385 e. The van der Waals surface area contributed by atoms with Gasteiger partial charge in [-0.05, 0) is 6.92 Å². The van der Waals surface area contributed by atoms with Crippen LogP contribution in [0.4, 0.5) is 0 Å². The molecule has 0 spiro atoms. The Bertz CT molecular complexity index is 372. The highest BCUT2D eigenvalue weighted by atomic mass is 16.2. The van der Waals surface area contributed by atoms with Gasteiger partial charge < -0.3 is 5.73 Å². The van der Waals surface area contributed by atoms with Crippen molar-refractivity contribution < 1.29 is 9.59 Å². The molecule has 2 amide bonds. The zero-order chi connectivity index (χ0) is 10.3. The highest BCUT2D eigenvalue weighted by Crippen LogP contribution is 2.25. The molecule has 0 bridgehead atoms. The van der Waals surface area contributed by atoms with Gasteiger partial charge in [-0.2, -0.15) is 5.10 Å². The molecule has 0 saturated heterocycles. The molecule has 6 nitrogen and oxygen atoms in total. The molecule has 2 rings (SSSR count). The first-order valence-corrected chi connectivity index (χ1v) is 4.31. The van der Waals surface area contributed by atoms with E-state index < -0.39 is 17.7 Å². The molecule has 2 aliphatic rings. The van der Waals surface area contributed by atoms with Crippen LogP contribution < -0.4 is 11.1 Å². The Hall–Kier alpha value is -1.85. The molecule has 0 aromatic carbocycles. The van der Waals surface area contributed by atoms with Crippen molar-refractivity contribution in [1.82, 2.24) is 10.3 Å². The van der Waals surface area contributed by atoms with Crippen LogP contribution in [0.5, 0.6) is 0 Å². The maximum Gasteiger partial charge on any atom is 0.252 e. The zero-order valence-corrected chi connectivity index (χ0v) is 7.65. The molecular weight excluding hydrogens is 184 g/mol. The van der Waals surface area contributed by atoms with Gasteiger partial charge in [0.25, 0.3) is 5.91 Å². The lowest BCUT2D eigenvalue weighted by molar-refractivity contribution is -0.129. The quantitative estimate of drug-likeness (QED) is 0.510. The summed E-state index contributed by atoms with van der Waals surface area (Å²) in [5.41, 5.74) is 6.15. The number of amides is 2. The molecule has 6 heteroatoms. The lowest BCUT2D eigenvalue weighted by Gasteiger charge is -2.20. The van der Waals surface area contributed by atoms with Gasteiger partial charge >= 0.3 is 0 Å². The van der Waals surface area contributed by atoms with Crippen LogP contribution in [0.15, 0.2) is 16.9 Å². The number of imide groups is 1. The third kappa shape index (κ3) is 1.07. The maximum atomic E-state index is 11.4. The highest BCUT2D eigenvalue weighted by Gasteiger charge is 2.39. The van der Waals surface area contributed by atoms with Crippen molar-refractivity contribution in [1.29, 1.82) is 0 Å². The number of amidine groups is 1. The van der Waals surface area contributed by atoms with E-state index in [9.17, 15) is 9.59 Å². The van der Waals surface area contributed by atoms with E-state index in [1.165, 1.54) is 6.08 Å². The van der Waals surface area contributed by atoms with Gasteiger partial charge in [0.1, 0.15) is 11.8 Å². The molecule has 3 N–H and O–H groups in total. The van der Waals surface area contributed by atoms with Crippen LogP contribution in [0.3, 0.4) is 0 Å². The van der Waals surface area contributed by atoms with Crippen molar-refractivity contribution in [2.45, 2.75) is 6.92 Å². The van der Waals surface area contributed by atoms with Crippen molar-refractivity contribution in [3.8, 4) is 0 Å². The second-order valence-corrected chi connectivity index (χ2v) is 3.10. The Kier molecular flexibility index (Phi) is 1.77. The Balaban J connectivity index is 2.43. The monoisotopic (exact) mass is 194 g/mol. The van der Waals surface area contributed by atoms with Gasteiger partial charge in [-0.3, -0.25) is 19.9 Å². The summed E-state index contributed by atoms with van der Waals surface area (Å²) in [4.78, 5) is 22.5. The fourth-order valence-electron chi connectivity index (χ4n) is 1.60. The number of hydrazone groups is 1. The Morgan fingerprint density at radius 3 is 3.00 bits per heavy atom. The summed E-state index contributed by atoms with van der Waals surface area (Å²) in [6.07, 6.45) is 1.36. The van der Waals surface area contributed by atoms with Gasteiger partial charge in [-0.15, -0.1) is 0 Å². The number of hydrogen-bond donors (Lipinski definition) is 2. The first-order chi connectivity index (χ1) is 6.63. The summed E-state index contributed by atoms with van der Waals surface area (Å²) in [5, 5.41) is 7.73. The fourth-order valence-corrected chi connectivity index (χ4v) is 1.60. The number of hydrogen-bond acceptors (Lipinski definition) is 5. The summed E-state index contributed by atoms with van der Waals surface area (Å²) >= 11 is 0. The topological polar surface area (TPSA) is 87.8 Å². The van der Waals surface area contributed by atoms with Gasteiger partial charge in [0.15, 0.2) is 0 Å². The van der Waals surface area contributed by atoms with Crippen LogP contribution in [0.25, 0.3) is 0 Å². The van der Waals surface area contributed by atoms with E-state index in [2.05, 4.69) is 10.4 Å². The van der Waals surface area contributed by atoms with Crippen molar-refractivity contribution in [3.63, 3.8) is 0 Å². The second kappa shape index (κ2) is 2.83. The summed E-state index contributed by atoms with van der Waals surface area (Å²) in [5.74, 6) is -1.16. The molecule has 0 radical (unpaired) electrons. The standard InChI is InChI=1S/C8H10N4O2/c1-2-12-4-3-5(13)10-8(14)6(4)7(9)11-12/h3,6H,2H2,1H3,(H2,9,11)(H,10,13,14). The fraction of sp³-hybridized carbons (Fsp3) is 0.375. The maximum absolute atomic E-state index is 11.4. The van der Waals surface area contributed by atoms with Crippen molar-refractivity contribution in [2.24, 2.45) is 16.8 Å². The number of carbonyl (C=O) groups excluding carboxylic acids is 2. The van der Waals surface area contributed by atoms with Crippen molar-refractivity contribution in [3.05, 3.63) is 11.8 Å². The zero-order valence-electron chi connectivity index (χ0n) is 7.65. The number of carbonyl (C=O) groups is 2.